The van der Waals surface area contributed by atoms with Crippen molar-refractivity contribution in [3.05, 3.63) is 261 Å². The summed E-state index contributed by atoms with van der Waals surface area (Å²) in [5.74, 6) is -1.38. The Morgan fingerprint density at radius 2 is 0.831 bits per heavy atom. The number of aromatic nitrogens is 2. The molecule has 0 bridgehead atoms. The van der Waals surface area contributed by atoms with Gasteiger partial charge in [0.05, 0.1) is 29.8 Å². The molecule has 0 aliphatic rings. The molecule has 2 heterocycles. The van der Waals surface area contributed by atoms with Crippen LogP contribution >= 0.6 is 0 Å². The highest BCUT2D eigenvalue weighted by Gasteiger charge is 2.21. The van der Waals surface area contributed by atoms with Crippen molar-refractivity contribution >= 4 is 45.6 Å². The normalized spacial score (nSPS) is 11.5. The number of aliphatic hydroxyl groups is 1. The van der Waals surface area contributed by atoms with Crippen LogP contribution in [0.4, 0.5) is 0 Å². The minimum atomic E-state index is -0.932. The van der Waals surface area contributed by atoms with Crippen LogP contribution in [-0.4, -0.2) is 56.8 Å². The summed E-state index contributed by atoms with van der Waals surface area (Å²) >= 11 is 0. The fourth-order valence-electron chi connectivity index (χ4n) is 10.7. The molecule has 11 nitrogen and oxygen atoms in total. The zero-order valence-corrected chi connectivity index (χ0v) is 48.0. The maximum atomic E-state index is 13.3. The molecule has 83 heavy (non-hydrogen) atoms. The van der Waals surface area contributed by atoms with Gasteiger partial charge in [0.25, 0.3) is 11.8 Å². The maximum absolute atomic E-state index is 13.3. The third-order valence-electron chi connectivity index (χ3n) is 15.5. The number of amides is 2. The lowest BCUT2D eigenvalue weighted by Gasteiger charge is -2.17. The Morgan fingerprint density at radius 1 is 0.470 bits per heavy atom. The van der Waals surface area contributed by atoms with Gasteiger partial charge in [-0.1, -0.05) is 155 Å². The smallest absolute Gasteiger partial charge is 0.338 e. The molecule has 2 atom stereocenters. The summed E-state index contributed by atoms with van der Waals surface area (Å²) < 4.78 is 9.74. The molecular formula is C72H76N4O7. The van der Waals surface area contributed by atoms with Crippen molar-refractivity contribution < 1.29 is 34.1 Å². The summed E-state index contributed by atoms with van der Waals surface area (Å²) in [5.41, 5.74) is 17.7. The monoisotopic (exact) mass is 1110 g/mol. The van der Waals surface area contributed by atoms with Crippen molar-refractivity contribution in [3.8, 4) is 22.3 Å². The first kappa shape index (κ1) is 61.3. The molecule has 2 amide bonds. The largest absolute Gasteiger partial charge is 0.478 e. The van der Waals surface area contributed by atoms with Crippen molar-refractivity contribution in [2.45, 2.75) is 93.9 Å². The Morgan fingerprint density at radius 3 is 1.20 bits per heavy atom. The van der Waals surface area contributed by atoms with E-state index in [2.05, 4.69) is 110 Å². The van der Waals surface area contributed by atoms with E-state index in [1.165, 1.54) is 16.8 Å². The Balaban J connectivity index is 0.000000229. The van der Waals surface area contributed by atoms with Gasteiger partial charge in [0.15, 0.2) is 0 Å². The third-order valence-corrected chi connectivity index (χ3v) is 15.5. The number of carbonyl (C=O) groups excluding carboxylic acids is 3. The van der Waals surface area contributed by atoms with Gasteiger partial charge in [-0.3, -0.25) is 9.59 Å². The number of aryl methyl sites for hydroxylation is 2. The Labute approximate surface area is 488 Å². The molecule has 10 aromatic rings. The average molecular weight is 1110 g/mol. The molecule has 11 heteroatoms. The lowest BCUT2D eigenvalue weighted by atomic mass is 9.98. The molecule has 10 rings (SSSR count). The minimum absolute atomic E-state index is 0. The van der Waals surface area contributed by atoms with E-state index in [9.17, 15) is 24.3 Å². The second-order valence-electron chi connectivity index (χ2n) is 20.2. The molecule has 0 radical (unpaired) electrons. The molecule has 0 spiro atoms. The highest BCUT2D eigenvalue weighted by Crippen LogP contribution is 2.33. The van der Waals surface area contributed by atoms with Crippen LogP contribution in [0.3, 0.4) is 0 Å². The Bertz CT molecular complexity index is 3840. The molecule has 426 valence electrons. The SMILES string of the molecule is C.CCC(NC(=O)c1ccc2c(c1)c(C)c(C)n2Cc1ccccc1-c1ccc(C(=O)O)cc1)c1ccccc1.CCOC(=O)c1ccc(-c2ccccc2Cn2c(C)c(C)c3cc(C(=O)NC(CC)c4ccccc4)ccc32)cc1.CO. The zero-order chi connectivity index (χ0) is 58.5. The fourth-order valence-corrected chi connectivity index (χ4v) is 10.7. The van der Waals surface area contributed by atoms with E-state index in [1.54, 1.807) is 19.1 Å². The number of hydrogen-bond acceptors (Lipinski definition) is 6. The van der Waals surface area contributed by atoms with Gasteiger partial charge in [-0.05, 0) is 164 Å². The second-order valence-corrected chi connectivity index (χ2v) is 20.2. The predicted octanol–water partition coefficient (Wildman–Crippen LogP) is 15.8. The molecule has 0 saturated carbocycles. The Kier molecular flexibility index (Phi) is 21.0. The number of fused-ring (bicyclic) bond motifs is 2. The number of carboxylic acid groups (broad SMARTS) is 1. The van der Waals surface area contributed by atoms with Gasteiger partial charge in [-0.15, -0.1) is 0 Å². The summed E-state index contributed by atoms with van der Waals surface area (Å²) in [6.45, 7) is 16.1. The summed E-state index contributed by atoms with van der Waals surface area (Å²) in [6, 6.07) is 63.2. The van der Waals surface area contributed by atoms with Crippen LogP contribution in [0.15, 0.2) is 194 Å². The standard InChI is InChI=1S/C36H36N2O3.C34H32N2O3.CH4O.CH4/c1-5-33(27-12-8-7-9-13-27)37-35(39)29-20-21-34-32(22-29)24(3)25(4)38(34)23-30-14-10-11-15-31(30)26-16-18-28(19-17-26)36(40)41-6-2;1-4-31(25-10-6-5-7-11-25)35-33(37)27-18-19-32-30(20-27)22(2)23(3)36(32)21-28-12-8-9-13-29(28)24-14-16-26(17-15-24)34(38)39;1-2;/h7-22,33H,5-6,23H2,1-4H3,(H,37,39);5-20,31H,4,21H2,1-3H3,(H,35,37)(H,38,39);2H,1H3;1H4. The molecule has 2 aromatic heterocycles. The summed E-state index contributed by atoms with van der Waals surface area (Å²) in [7, 11) is 1.00. The fraction of sp³-hybridized carbons (Fsp3) is 0.222. The van der Waals surface area contributed by atoms with Crippen LogP contribution in [0, 0.1) is 27.7 Å². The van der Waals surface area contributed by atoms with Gasteiger partial charge in [0, 0.05) is 64.5 Å². The van der Waals surface area contributed by atoms with E-state index in [-0.39, 0.29) is 42.9 Å². The number of hydrogen-bond donors (Lipinski definition) is 4. The van der Waals surface area contributed by atoms with E-state index in [0.717, 1.165) is 92.0 Å². The summed E-state index contributed by atoms with van der Waals surface area (Å²) in [6.07, 6.45) is 1.63. The van der Waals surface area contributed by atoms with E-state index in [0.29, 0.717) is 36.4 Å². The quantitative estimate of drug-likeness (QED) is 0.0663. The van der Waals surface area contributed by atoms with Crippen molar-refractivity contribution in [1.29, 1.82) is 0 Å². The second kappa shape index (κ2) is 28.4. The number of aromatic carboxylic acids is 1. The molecule has 0 fully saturated rings. The molecule has 8 aromatic carbocycles. The summed E-state index contributed by atoms with van der Waals surface area (Å²) in [4.78, 5) is 49.9. The van der Waals surface area contributed by atoms with E-state index in [1.807, 2.05) is 133 Å². The number of nitrogens with zero attached hydrogens (tertiary/aromatic N) is 2. The molecular weight excluding hydrogens is 1030 g/mol. The average Bonchev–Trinajstić information content (AvgIpc) is 3.32. The van der Waals surface area contributed by atoms with Crippen molar-refractivity contribution in [1.82, 2.24) is 19.8 Å². The maximum Gasteiger partial charge on any atom is 0.338 e. The molecule has 2 unspecified atom stereocenters. The number of esters is 1. The van der Waals surface area contributed by atoms with Gasteiger partial charge in [-0.2, -0.15) is 0 Å². The number of carboxylic acids is 1. The number of ether oxygens (including phenoxy) is 1. The number of nitrogens with one attached hydrogen (secondary N) is 2. The van der Waals surface area contributed by atoms with Crippen molar-refractivity contribution in [2.75, 3.05) is 13.7 Å². The van der Waals surface area contributed by atoms with Crippen molar-refractivity contribution in [2.24, 2.45) is 0 Å². The first-order valence-electron chi connectivity index (χ1n) is 27.9. The Hall–Kier alpha value is -9.32. The highest BCUT2D eigenvalue weighted by molar-refractivity contribution is 6.01. The van der Waals surface area contributed by atoms with Crippen LogP contribution < -0.4 is 10.6 Å². The van der Waals surface area contributed by atoms with Gasteiger partial charge in [-0.25, -0.2) is 9.59 Å². The van der Waals surface area contributed by atoms with Gasteiger partial charge in [0.2, 0.25) is 0 Å². The molecule has 0 aliphatic heterocycles. The van der Waals surface area contributed by atoms with Gasteiger partial charge in [0.1, 0.15) is 0 Å². The van der Waals surface area contributed by atoms with Crippen LogP contribution in [-0.2, 0) is 17.8 Å². The van der Waals surface area contributed by atoms with Crippen LogP contribution in [0.5, 0.6) is 0 Å². The lowest BCUT2D eigenvalue weighted by Crippen LogP contribution is -2.28. The summed E-state index contributed by atoms with van der Waals surface area (Å²) in [5, 5.41) is 24.8. The van der Waals surface area contributed by atoms with Gasteiger partial charge < -0.3 is 34.7 Å². The van der Waals surface area contributed by atoms with E-state index < -0.39 is 5.97 Å². The van der Waals surface area contributed by atoms with Crippen LogP contribution in [0.2, 0.25) is 0 Å². The molecule has 0 aliphatic carbocycles. The van der Waals surface area contributed by atoms with E-state index >= 15 is 0 Å². The number of carbonyl (C=O) groups is 4. The first-order valence-corrected chi connectivity index (χ1v) is 27.9. The van der Waals surface area contributed by atoms with Gasteiger partial charge >= 0.3 is 11.9 Å². The third kappa shape index (κ3) is 13.9. The predicted molar refractivity (Wildman–Crippen MR) is 336 cm³/mol. The van der Waals surface area contributed by atoms with Crippen LogP contribution in [0.1, 0.15) is 139 Å². The lowest BCUT2D eigenvalue weighted by molar-refractivity contribution is 0.0525. The molecule has 0 saturated heterocycles. The van der Waals surface area contributed by atoms with Crippen molar-refractivity contribution in [3.63, 3.8) is 0 Å². The minimum Gasteiger partial charge on any atom is -0.478 e. The first-order chi connectivity index (χ1) is 39.8. The number of aliphatic hydroxyl groups excluding tert-OH is 1. The topological polar surface area (TPSA) is 152 Å². The molecule has 4 N–H and O–H groups in total. The van der Waals surface area contributed by atoms with E-state index in [4.69, 9.17) is 9.84 Å². The number of benzene rings is 8. The zero-order valence-electron chi connectivity index (χ0n) is 48.0. The van der Waals surface area contributed by atoms with Crippen LogP contribution in [0.25, 0.3) is 44.1 Å². The highest BCUT2D eigenvalue weighted by atomic mass is 16.5. The number of rotatable bonds is 17.